The van der Waals surface area contributed by atoms with E-state index in [1.165, 1.54) is 0 Å². The third-order valence-corrected chi connectivity index (χ3v) is 5.55. The molecule has 1 aromatic heterocycles. The Labute approximate surface area is 180 Å². The summed E-state index contributed by atoms with van der Waals surface area (Å²) in [6, 6.07) is 7.01. The summed E-state index contributed by atoms with van der Waals surface area (Å²) in [6.07, 6.45) is -0.410. The molecule has 0 radical (unpaired) electrons. The van der Waals surface area contributed by atoms with Gasteiger partial charge < -0.3 is 14.7 Å². The minimum atomic E-state index is -0.582. The molecule has 0 aliphatic carbocycles. The first-order chi connectivity index (χ1) is 13.6. The van der Waals surface area contributed by atoms with Crippen molar-refractivity contribution in [2.24, 2.45) is 7.05 Å². The molecule has 1 N–H and O–H groups in total. The van der Waals surface area contributed by atoms with Crippen LogP contribution in [-0.4, -0.2) is 63.8 Å². The summed E-state index contributed by atoms with van der Waals surface area (Å²) in [7, 11) is 1.85. The number of hydrogen-bond donors (Lipinski definition) is 1. The van der Waals surface area contributed by atoms with Crippen molar-refractivity contribution >= 4 is 35.1 Å². The second kappa shape index (κ2) is 8.42. The molecule has 1 aliphatic heterocycles. The zero-order valence-corrected chi connectivity index (χ0v) is 18.5. The third-order valence-electron chi connectivity index (χ3n) is 4.73. The predicted octanol–water partition coefficient (Wildman–Crippen LogP) is 3.81. The van der Waals surface area contributed by atoms with Crippen molar-refractivity contribution in [3.8, 4) is 11.3 Å². The van der Waals surface area contributed by atoms with Crippen LogP contribution in [-0.2, 0) is 11.8 Å². The standard InChI is InChI=1S/C20H26Cl2N4O3/c1-20(2,3)29-19(28)26-9-8-25(11-13(26)12-27)17-10-16(23-24(17)4)14-6-5-7-15(21)18(14)22/h5-7,10,13,27H,8-9,11-12H2,1-4H3. The van der Waals surface area contributed by atoms with Crippen molar-refractivity contribution in [2.45, 2.75) is 32.4 Å². The summed E-state index contributed by atoms with van der Waals surface area (Å²) in [4.78, 5) is 16.2. The van der Waals surface area contributed by atoms with Gasteiger partial charge in [-0.15, -0.1) is 0 Å². The number of piperazine rings is 1. The lowest BCUT2D eigenvalue weighted by Crippen LogP contribution is -2.57. The van der Waals surface area contributed by atoms with Crippen LogP contribution in [0.3, 0.4) is 0 Å². The zero-order valence-electron chi connectivity index (χ0n) is 17.0. The van der Waals surface area contributed by atoms with Gasteiger partial charge in [0.25, 0.3) is 0 Å². The molecule has 9 heteroatoms. The molecule has 1 aromatic carbocycles. The Morgan fingerprint density at radius 1 is 1.31 bits per heavy atom. The second-order valence-electron chi connectivity index (χ2n) is 8.07. The Hall–Kier alpha value is -1.96. The fourth-order valence-corrected chi connectivity index (χ4v) is 3.76. The van der Waals surface area contributed by atoms with Gasteiger partial charge in [0.15, 0.2) is 0 Å². The molecule has 158 valence electrons. The van der Waals surface area contributed by atoms with Crippen LogP contribution in [0.25, 0.3) is 11.3 Å². The number of hydrogen-bond acceptors (Lipinski definition) is 5. The molecule has 29 heavy (non-hydrogen) atoms. The first-order valence-corrected chi connectivity index (χ1v) is 10.2. The van der Waals surface area contributed by atoms with Crippen LogP contribution in [0.5, 0.6) is 0 Å². The Morgan fingerprint density at radius 2 is 2.03 bits per heavy atom. The molecular weight excluding hydrogens is 415 g/mol. The van der Waals surface area contributed by atoms with Gasteiger partial charge in [0.1, 0.15) is 11.4 Å². The molecule has 0 spiro atoms. The number of rotatable bonds is 3. The summed E-state index contributed by atoms with van der Waals surface area (Å²) >= 11 is 12.5. The Morgan fingerprint density at radius 3 is 2.69 bits per heavy atom. The average molecular weight is 441 g/mol. The molecule has 1 fully saturated rings. The summed E-state index contributed by atoms with van der Waals surface area (Å²) < 4.78 is 7.24. The minimum Gasteiger partial charge on any atom is -0.444 e. The minimum absolute atomic E-state index is 0.152. The lowest BCUT2D eigenvalue weighted by atomic mass is 10.1. The number of aryl methyl sites for hydroxylation is 1. The highest BCUT2D eigenvalue weighted by Gasteiger charge is 2.34. The summed E-state index contributed by atoms with van der Waals surface area (Å²) in [5, 5.41) is 15.4. The number of amides is 1. The van der Waals surface area contributed by atoms with Crippen molar-refractivity contribution in [2.75, 3.05) is 31.1 Å². The SMILES string of the molecule is Cn1nc(-c2cccc(Cl)c2Cl)cc1N1CCN(C(=O)OC(C)(C)C)C(CO)C1. The first-order valence-electron chi connectivity index (χ1n) is 9.44. The van der Waals surface area contributed by atoms with Gasteiger partial charge in [-0.2, -0.15) is 5.10 Å². The third kappa shape index (κ3) is 4.79. The van der Waals surface area contributed by atoms with Gasteiger partial charge in [-0.3, -0.25) is 9.58 Å². The monoisotopic (exact) mass is 440 g/mol. The fourth-order valence-electron chi connectivity index (χ4n) is 3.37. The average Bonchev–Trinajstić information content (AvgIpc) is 3.03. The number of aromatic nitrogens is 2. The van der Waals surface area contributed by atoms with Gasteiger partial charge in [-0.1, -0.05) is 35.3 Å². The van der Waals surface area contributed by atoms with Crippen molar-refractivity contribution in [3.05, 3.63) is 34.3 Å². The van der Waals surface area contributed by atoms with E-state index in [1.54, 1.807) is 15.6 Å². The molecule has 3 rings (SSSR count). The number of anilines is 1. The Bertz CT molecular complexity index is 894. The molecule has 0 saturated carbocycles. The van der Waals surface area contributed by atoms with Gasteiger partial charge in [-0.25, -0.2) is 4.79 Å². The van der Waals surface area contributed by atoms with Crippen LogP contribution < -0.4 is 4.90 Å². The number of carbonyl (C=O) groups excluding carboxylic acids is 1. The van der Waals surface area contributed by atoms with Crippen LogP contribution in [0.4, 0.5) is 10.6 Å². The first kappa shape index (κ1) is 21.7. The van der Waals surface area contributed by atoms with E-state index in [9.17, 15) is 9.90 Å². The van der Waals surface area contributed by atoms with Gasteiger partial charge in [0.2, 0.25) is 0 Å². The highest BCUT2D eigenvalue weighted by atomic mass is 35.5. The Kier molecular flexibility index (Phi) is 6.31. The van der Waals surface area contributed by atoms with Crippen LogP contribution in [0.2, 0.25) is 10.0 Å². The van der Waals surface area contributed by atoms with Gasteiger partial charge in [0.05, 0.1) is 28.4 Å². The van der Waals surface area contributed by atoms with Gasteiger partial charge in [0, 0.05) is 38.3 Å². The molecule has 0 bridgehead atoms. The Balaban J connectivity index is 1.80. The van der Waals surface area contributed by atoms with Gasteiger partial charge in [-0.05, 0) is 26.8 Å². The zero-order chi connectivity index (χ0) is 21.3. The van der Waals surface area contributed by atoms with Crippen LogP contribution >= 0.6 is 23.2 Å². The highest BCUT2D eigenvalue weighted by Crippen LogP contribution is 2.34. The number of nitrogens with zero attached hydrogens (tertiary/aromatic N) is 4. The number of ether oxygens (including phenoxy) is 1. The van der Waals surface area contributed by atoms with E-state index in [0.717, 1.165) is 11.4 Å². The molecule has 1 atom stereocenters. The molecule has 1 aliphatic rings. The topological polar surface area (TPSA) is 70.8 Å². The van der Waals surface area contributed by atoms with E-state index in [0.29, 0.717) is 35.4 Å². The number of benzene rings is 1. The normalized spacial score (nSPS) is 17.6. The van der Waals surface area contributed by atoms with Crippen LogP contribution in [0.15, 0.2) is 24.3 Å². The number of aliphatic hydroxyl groups excluding tert-OH is 1. The number of carbonyl (C=O) groups is 1. The fraction of sp³-hybridized carbons (Fsp3) is 0.500. The van der Waals surface area contributed by atoms with Crippen molar-refractivity contribution in [1.82, 2.24) is 14.7 Å². The molecular formula is C20H26Cl2N4O3. The molecule has 7 nitrogen and oxygen atoms in total. The molecule has 1 saturated heterocycles. The molecule has 2 heterocycles. The summed E-state index contributed by atoms with van der Waals surface area (Å²) in [5.74, 6) is 0.873. The van der Waals surface area contributed by atoms with Crippen LogP contribution in [0, 0.1) is 0 Å². The lowest BCUT2D eigenvalue weighted by Gasteiger charge is -2.41. The van der Waals surface area contributed by atoms with Crippen molar-refractivity contribution < 1.29 is 14.6 Å². The van der Waals surface area contributed by atoms with Gasteiger partial charge >= 0.3 is 6.09 Å². The largest absolute Gasteiger partial charge is 0.444 e. The predicted molar refractivity (Wildman–Crippen MR) is 115 cm³/mol. The van der Waals surface area contributed by atoms with E-state index >= 15 is 0 Å². The number of aliphatic hydroxyl groups is 1. The summed E-state index contributed by atoms with van der Waals surface area (Å²) in [6.45, 7) is 6.84. The summed E-state index contributed by atoms with van der Waals surface area (Å²) in [5.41, 5.74) is 0.888. The van der Waals surface area contributed by atoms with Crippen LogP contribution in [0.1, 0.15) is 20.8 Å². The van der Waals surface area contributed by atoms with E-state index in [4.69, 9.17) is 27.9 Å². The second-order valence-corrected chi connectivity index (χ2v) is 8.85. The van der Waals surface area contributed by atoms with Crippen molar-refractivity contribution in [3.63, 3.8) is 0 Å². The molecule has 1 amide bonds. The smallest absolute Gasteiger partial charge is 0.410 e. The maximum atomic E-state index is 12.5. The molecule has 2 aromatic rings. The highest BCUT2D eigenvalue weighted by molar-refractivity contribution is 6.43. The van der Waals surface area contributed by atoms with E-state index in [1.807, 2.05) is 46.0 Å². The maximum absolute atomic E-state index is 12.5. The lowest BCUT2D eigenvalue weighted by molar-refractivity contribution is 0.00696. The molecule has 1 unspecified atom stereocenters. The maximum Gasteiger partial charge on any atom is 0.410 e. The number of halogens is 2. The van der Waals surface area contributed by atoms with E-state index in [2.05, 4.69) is 10.00 Å². The van der Waals surface area contributed by atoms with E-state index in [-0.39, 0.29) is 12.6 Å². The van der Waals surface area contributed by atoms with E-state index < -0.39 is 11.7 Å². The quantitative estimate of drug-likeness (QED) is 0.785. The van der Waals surface area contributed by atoms with Crippen molar-refractivity contribution in [1.29, 1.82) is 0 Å².